The Morgan fingerprint density at radius 3 is 2.50 bits per heavy atom. The molecule has 0 bridgehead atoms. The third kappa shape index (κ3) is 2.37. The first-order valence-electron chi connectivity index (χ1n) is 8.37. The first kappa shape index (κ1) is 15.2. The van der Waals surface area contributed by atoms with E-state index in [1.807, 2.05) is 4.57 Å². The molecule has 0 radical (unpaired) electrons. The molecule has 0 atom stereocenters. The molecule has 2 aromatic rings. The number of piperazine rings is 1. The van der Waals surface area contributed by atoms with Gasteiger partial charge in [0.05, 0.1) is 0 Å². The molecule has 1 saturated carbocycles. The SMILES string of the molecule is Cn1c(=O)c2c(nc(N3CCNCC3)n2CC=C2CC2)n(C)c1=O. The molecule has 8 heteroatoms. The van der Waals surface area contributed by atoms with Gasteiger partial charge < -0.3 is 14.8 Å². The van der Waals surface area contributed by atoms with Crippen LogP contribution in [0.1, 0.15) is 12.8 Å². The van der Waals surface area contributed by atoms with Crippen LogP contribution in [0.15, 0.2) is 21.2 Å². The largest absolute Gasteiger partial charge is 0.340 e. The molecule has 3 heterocycles. The van der Waals surface area contributed by atoms with Crippen LogP contribution in [0.3, 0.4) is 0 Å². The molecule has 2 aromatic heterocycles. The number of aromatic nitrogens is 4. The predicted octanol–water partition coefficient (Wildman–Crippen LogP) is -0.436. The molecule has 1 aliphatic heterocycles. The number of fused-ring (bicyclic) bond motifs is 1. The topological polar surface area (TPSA) is 77.1 Å². The zero-order valence-electron chi connectivity index (χ0n) is 14.1. The summed E-state index contributed by atoms with van der Waals surface area (Å²) in [6.45, 7) is 4.09. The maximum absolute atomic E-state index is 12.7. The van der Waals surface area contributed by atoms with Gasteiger partial charge in [-0.2, -0.15) is 4.98 Å². The van der Waals surface area contributed by atoms with Crippen molar-refractivity contribution in [3.8, 4) is 0 Å². The van der Waals surface area contributed by atoms with Crippen LogP contribution in [0.5, 0.6) is 0 Å². The molecule has 0 spiro atoms. The quantitative estimate of drug-likeness (QED) is 0.773. The highest BCUT2D eigenvalue weighted by molar-refractivity contribution is 5.74. The standard InChI is InChI=1S/C16H22N6O2/c1-19-13-12(14(23)20(2)16(19)24)22(8-5-11-3-4-11)15(18-13)21-9-6-17-7-10-21/h5,17H,3-4,6-10H2,1-2H3. The van der Waals surface area contributed by atoms with Gasteiger partial charge >= 0.3 is 5.69 Å². The minimum Gasteiger partial charge on any atom is -0.340 e. The third-order valence-electron chi connectivity index (χ3n) is 4.83. The molecule has 1 saturated heterocycles. The summed E-state index contributed by atoms with van der Waals surface area (Å²) in [5, 5.41) is 3.33. The van der Waals surface area contributed by atoms with Crippen LogP contribution in [-0.4, -0.2) is 44.9 Å². The van der Waals surface area contributed by atoms with Gasteiger partial charge in [-0.1, -0.05) is 11.6 Å². The summed E-state index contributed by atoms with van der Waals surface area (Å²) in [5.41, 5.74) is 1.77. The van der Waals surface area contributed by atoms with Gasteiger partial charge in [0.2, 0.25) is 5.95 Å². The smallest absolute Gasteiger partial charge is 0.332 e. The number of nitrogens with one attached hydrogen (secondary N) is 1. The monoisotopic (exact) mass is 330 g/mol. The van der Waals surface area contributed by atoms with Crippen molar-refractivity contribution in [2.24, 2.45) is 14.1 Å². The number of allylic oxidation sites excluding steroid dienone is 2. The lowest BCUT2D eigenvalue weighted by Crippen LogP contribution is -2.44. The molecule has 0 aromatic carbocycles. The zero-order chi connectivity index (χ0) is 16.8. The van der Waals surface area contributed by atoms with Crippen LogP contribution in [0.4, 0.5) is 5.95 Å². The number of hydrogen-bond donors (Lipinski definition) is 1. The van der Waals surface area contributed by atoms with E-state index >= 15 is 0 Å². The molecule has 128 valence electrons. The highest BCUT2D eigenvalue weighted by Gasteiger charge is 2.23. The Morgan fingerprint density at radius 1 is 1.12 bits per heavy atom. The Kier molecular flexibility index (Phi) is 3.56. The number of nitrogens with zero attached hydrogens (tertiary/aromatic N) is 5. The maximum atomic E-state index is 12.7. The molecular formula is C16H22N6O2. The van der Waals surface area contributed by atoms with E-state index in [1.54, 1.807) is 7.05 Å². The highest BCUT2D eigenvalue weighted by atomic mass is 16.2. The van der Waals surface area contributed by atoms with Crippen molar-refractivity contribution < 1.29 is 0 Å². The fourth-order valence-electron chi connectivity index (χ4n) is 3.21. The second-order valence-corrected chi connectivity index (χ2v) is 6.50. The molecule has 1 N–H and O–H groups in total. The normalized spacial score (nSPS) is 17.6. The third-order valence-corrected chi connectivity index (χ3v) is 4.83. The summed E-state index contributed by atoms with van der Waals surface area (Å²) < 4.78 is 4.59. The van der Waals surface area contributed by atoms with E-state index in [9.17, 15) is 9.59 Å². The van der Waals surface area contributed by atoms with Gasteiger partial charge in [-0.3, -0.25) is 13.9 Å². The average molecular weight is 330 g/mol. The molecule has 2 aliphatic rings. The fraction of sp³-hybridized carbons (Fsp3) is 0.562. The van der Waals surface area contributed by atoms with E-state index in [0.717, 1.165) is 49.5 Å². The van der Waals surface area contributed by atoms with Crippen LogP contribution in [0.2, 0.25) is 0 Å². The van der Waals surface area contributed by atoms with Gasteiger partial charge in [0.1, 0.15) is 0 Å². The second-order valence-electron chi connectivity index (χ2n) is 6.50. The number of imidazole rings is 1. The molecule has 4 rings (SSSR count). The minimum atomic E-state index is -0.343. The Bertz CT molecular complexity index is 936. The molecule has 8 nitrogen and oxygen atoms in total. The Balaban J connectivity index is 1.96. The van der Waals surface area contributed by atoms with E-state index < -0.39 is 0 Å². The van der Waals surface area contributed by atoms with Crippen molar-refractivity contribution in [2.75, 3.05) is 31.1 Å². The van der Waals surface area contributed by atoms with Gasteiger partial charge in [-0.05, 0) is 12.8 Å². The summed E-state index contributed by atoms with van der Waals surface area (Å²) in [4.78, 5) is 31.8. The van der Waals surface area contributed by atoms with E-state index in [-0.39, 0.29) is 11.2 Å². The van der Waals surface area contributed by atoms with Crippen LogP contribution in [0.25, 0.3) is 11.2 Å². The van der Waals surface area contributed by atoms with Crippen molar-refractivity contribution in [3.05, 3.63) is 32.5 Å². The number of anilines is 1. The van der Waals surface area contributed by atoms with E-state index in [2.05, 4.69) is 21.3 Å². The minimum absolute atomic E-state index is 0.281. The summed E-state index contributed by atoms with van der Waals surface area (Å²) in [5.74, 6) is 0.780. The van der Waals surface area contributed by atoms with Crippen molar-refractivity contribution in [1.29, 1.82) is 0 Å². The molecule has 2 fully saturated rings. The van der Waals surface area contributed by atoms with E-state index in [0.29, 0.717) is 17.7 Å². The van der Waals surface area contributed by atoms with Gasteiger partial charge in [0.25, 0.3) is 5.56 Å². The Hall–Kier alpha value is -2.35. The summed E-state index contributed by atoms with van der Waals surface area (Å²) in [6.07, 6.45) is 4.47. The van der Waals surface area contributed by atoms with Gasteiger partial charge in [-0.15, -0.1) is 0 Å². The maximum Gasteiger partial charge on any atom is 0.332 e. The summed E-state index contributed by atoms with van der Waals surface area (Å²) in [6, 6.07) is 0. The molecule has 0 unspecified atom stereocenters. The van der Waals surface area contributed by atoms with Gasteiger partial charge in [0.15, 0.2) is 11.2 Å². The second kappa shape index (κ2) is 5.62. The van der Waals surface area contributed by atoms with Crippen molar-refractivity contribution >= 4 is 17.1 Å². The first-order valence-corrected chi connectivity index (χ1v) is 8.37. The lowest BCUT2D eigenvalue weighted by atomic mass is 10.4. The first-order chi connectivity index (χ1) is 11.6. The Morgan fingerprint density at radius 2 is 1.83 bits per heavy atom. The zero-order valence-corrected chi connectivity index (χ0v) is 14.1. The molecule has 0 amide bonds. The Labute approximate surface area is 139 Å². The lowest BCUT2D eigenvalue weighted by Gasteiger charge is -2.28. The molecule has 24 heavy (non-hydrogen) atoms. The number of aryl methyl sites for hydroxylation is 1. The molecule has 1 aliphatic carbocycles. The van der Waals surface area contributed by atoms with E-state index in [1.165, 1.54) is 17.2 Å². The van der Waals surface area contributed by atoms with E-state index in [4.69, 9.17) is 0 Å². The van der Waals surface area contributed by atoms with Crippen LogP contribution < -0.4 is 21.5 Å². The summed E-state index contributed by atoms with van der Waals surface area (Å²) >= 11 is 0. The lowest BCUT2D eigenvalue weighted by molar-refractivity contribution is 0.572. The van der Waals surface area contributed by atoms with Crippen molar-refractivity contribution in [2.45, 2.75) is 19.4 Å². The predicted molar refractivity (Wildman–Crippen MR) is 92.6 cm³/mol. The van der Waals surface area contributed by atoms with Gasteiger partial charge in [0, 0.05) is 46.8 Å². The highest BCUT2D eigenvalue weighted by Crippen LogP contribution is 2.28. The summed E-state index contributed by atoms with van der Waals surface area (Å²) in [7, 11) is 3.19. The van der Waals surface area contributed by atoms with Gasteiger partial charge in [-0.25, -0.2) is 4.79 Å². The van der Waals surface area contributed by atoms with Crippen LogP contribution in [0, 0.1) is 0 Å². The van der Waals surface area contributed by atoms with Crippen LogP contribution in [-0.2, 0) is 20.6 Å². The van der Waals surface area contributed by atoms with Crippen molar-refractivity contribution in [1.82, 2.24) is 24.0 Å². The van der Waals surface area contributed by atoms with Crippen molar-refractivity contribution in [3.63, 3.8) is 0 Å². The fourth-order valence-corrected chi connectivity index (χ4v) is 3.21. The van der Waals surface area contributed by atoms with Crippen LogP contribution >= 0.6 is 0 Å². The number of hydrogen-bond acceptors (Lipinski definition) is 5. The molecular weight excluding hydrogens is 308 g/mol. The number of rotatable bonds is 3. The average Bonchev–Trinajstić information content (AvgIpc) is 3.36.